The van der Waals surface area contributed by atoms with Gasteiger partial charge < -0.3 is 15.4 Å². The fourth-order valence-electron chi connectivity index (χ4n) is 3.30. The Balaban J connectivity index is 1.45. The molecule has 5 aromatic rings. The highest BCUT2D eigenvalue weighted by Gasteiger charge is 2.15. The van der Waals surface area contributed by atoms with Crippen molar-refractivity contribution in [3.05, 3.63) is 64.0 Å². The highest BCUT2D eigenvalue weighted by atomic mass is 32.1. The molecule has 0 saturated heterocycles. The number of para-hydroxylation sites is 1. The fraction of sp³-hybridized carbons (Fsp3) is 0.100. The van der Waals surface area contributed by atoms with Gasteiger partial charge in [-0.25, -0.2) is 15.0 Å². The first kappa shape index (κ1) is 17.4. The molecular formula is C20H16N6O2S. The summed E-state index contributed by atoms with van der Waals surface area (Å²) < 4.78 is 0. The van der Waals surface area contributed by atoms with Crippen LogP contribution in [-0.4, -0.2) is 36.6 Å². The molecule has 0 amide bonds. The fourth-order valence-corrected chi connectivity index (χ4v) is 3.96. The topological polar surface area (TPSA) is 120 Å². The number of nitrogens with one attached hydrogen (secondary N) is 3. The Morgan fingerprint density at radius 2 is 2.03 bits per heavy atom. The molecular weight excluding hydrogens is 388 g/mol. The van der Waals surface area contributed by atoms with Crippen LogP contribution in [0.2, 0.25) is 0 Å². The summed E-state index contributed by atoms with van der Waals surface area (Å²) in [6, 6.07) is 11.0. The van der Waals surface area contributed by atoms with Gasteiger partial charge in [0, 0.05) is 29.7 Å². The average molecular weight is 404 g/mol. The second kappa shape index (κ2) is 7.02. The SMILES string of the molecule is O=c1ccc(-c2nc(NCCc3c[nH]c4ccccc34)c3ncsc3n2)c(O)[nH]1. The molecule has 29 heavy (non-hydrogen) atoms. The number of anilines is 1. The number of H-pyrrole nitrogens is 2. The maximum Gasteiger partial charge on any atom is 0.250 e. The Morgan fingerprint density at radius 3 is 2.93 bits per heavy atom. The van der Waals surface area contributed by atoms with Crippen LogP contribution in [0.3, 0.4) is 0 Å². The third-order valence-electron chi connectivity index (χ3n) is 4.70. The van der Waals surface area contributed by atoms with Crippen molar-refractivity contribution in [2.45, 2.75) is 6.42 Å². The van der Waals surface area contributed by atoms with E-state index in [-0.39, 0.29) is 11.4 Å². The Labute approximate surface area is 168 Å². The van der Waals surface area contributed by atoms with Crippen molar-refractivity contribution in [3.8, 4) is 17.3 Å². The lowest BCUT2D eigenvalue weighted by atomic mass is 10.1. The lowest BCUT2D eigenvalue weighted by molar-refractivity contribution is 0.453. The summed E-state index contributed by atoms with van der Waals surface area (Å²) in [4.78, 5) is 31.1. The number of fused-ring (bicyclic) bond motifs is 2. The van der Waals surface area contributed by atoms with Gasteiger partial charge in [-0.2, -0.15) is 0 Å². The van der Waals surface area contributed by atoms with E-state index in [0.717, 1.165) is 11.9 Å². The van der Waals surface area contributed by atoms with Gasteiger partial charge in [-0.1, -0.05) is 18.2 Å². The zero-order chi connectivity index (χ0) is 19.8. The molecule has 0 spiro atoms. The summed E-state index contributed by atoms with van der Waals surface area (Å²) in [7, 11) is 0. The molecule has 144 valence electrons. The van der Waals surface area contributed by atoms with Gasteiger partial charge in [-0.05, 0) is 24.1 Å². The first-order chi connectivity index (χ1) is 14.2. The Morgan fingerprint density at radius 1 is 1.14 bits per heavy atom. The normalized spacial score (nSPS) is 11.3. The van der Waals surface area contributed by atoms with Crippen LogP contribution in [0.1, 0.15) is 5.56 Å². The zero-order valence-corrected chi connectivity index (χ0v) is 16.0. The predicted molar refractivity (Wildman–Crippen MR) is 113 cm³/mol. The molecule has 4 heterocycles. The van der Waals surface area contributed by atoms with Crippen LogP contribution in [0.25, 0.3) is 32.6 Å². The zero-order valence-electron chi connectivity index (χ0n) is 15.1. The molecule has 4 N–H and O–H groups in total. The van der Waals surface area contributed by atoms with Crippen molar-refractivity contribution < 1.29 is 5.11 Å². The van der Waals surface area contributed by atoms with Gasteiger partial charge in [-0.15, -0.1) is 11.3 Å². The first-order valence-electron chi connectivity index (χ1n) is 9.02. The second-order valence-electron chi connectivity index (χ2n) is 6.52. The number of hydrogen-bond donors (Lipinski definition) is 4. The average Bonchev–Trinajstić information content (AvgIpc) is 3.35. The summed E-state index contributed by atoms with van der Waals surface area (Å²) in [6.45, 7) is 0.655. The summed E-state index contributed by atoms with van der Waals surface area (Å²) in [5, 5.41) is 14.6. The van der Waals surface area contributed by atoms with Crippen molar-refractivity contribution in [3.63, 3.8) is 0 Å². The van der Waals surface area contributed by atoms with E-state index in [1.54, 1.807) is 5.51 Å². The number of hydrogen-bond acceptors (Lipinski definition) is 7. The smallest absolute Gasteiger partial charge is 0.250 e. The van der Waals surface area contributed by atoms with Gasteiger partial charge in [0.25, 0.3) is 5.56 Å². The molecule has 0 aliphatic carbocycles. The monoisotopic (exact) mass is 404 g/mol. The summed E-state index contributed by atoms with van der Waals surface area (Å²) in [6.07, 6.45) is 2.83. The molecule has 1 aromatic carbocycles. The number of rotatable bonds is 5. The number of pyridine rings is 1. The molecule has 0 fully saturated rings. The van der Waals surface area contributed by atoms with Crippen LogP contribution in [0.4, 0.5) is 5.82 Å². The molecule has 0 bridgehead atoms. The third kappa shape index (κ3) is 3.21. The molecule has 0 radical (unpaired) electrons. The Hall–Kier alpha value is -3.72. The standard InChI is InChI=1S/C20H16N6O2S/c27-15-6-5-13(19(28)24-15)17-25-18(16-20(26-17)29-10-23-16)21-8-7-11-9-22-14-4-2-1-3-12(11)14/h1-6,9-10,22H,7-8H2,(H,21,25,26)(H2,24,27,28). The third-order valence-corrected chi connectivity index (χ3v) is 5.42. The van der Waals surface area contributed by atoms with E-state index in [2.05, 4.69) is 42.4 Å². The van der Waals surface area contributed by atoms with E-state index in [1.165, 1.54) is 34.4 Å². The molecule has 9 heteroatoms. The Kier molecular flexibility index (Phi) is 4.21. The first-order valence-corrected chi connectivity index (χ1v) is 9.90. The van der Waals surface area contributed by atoms with Gasteiger partial charge in [0.15, 0.2) is 11.6 Å². The van der Waals surface area contributed by atoms with E-state index in [9.17, 15) is 9.90 Å². The lowest BCUT2D eigenvalue weighted by Gasteiger charge is -2.09. The van der Waals surface area contributed by atoms with Crippen LogP contribution in [-0.2, 0) is 6.42 Å². The van der Waals surface area contributed by atoms with E-state index in [0.29, 0.717) is 34.1 Å². The second-order valence-corrected chi connectivity index (χ2v) is 7.36. The number of benzene rings is 1. The molecule has 8 nitrogen and oxygen atoms in total. The summed E-state index contributed by atoms with van der Waals surface area (Å²) in [5.74, 6) is 0.660. The number of thiazole rings is 1. The van der Waals surface area contributed by atoms with Crippen molar-refractivity contribution in [2.24, 2.45) is 0 Å². The molecule has 0 atom stereocenters. The molecule has 4 aromatic heterocycles. The number of aromatic amines is 2. The minimum atomic E-state index is -0.387. The van der Waals surface area contributed by atoms with Crippen molar-refractivity contribution in [1.29, 1.82) is 0 Å². The summed E-state index contributed by atoms with van der Waals surface area (Å²) >= 11 is 1.39. The van der Waals surface area contributed by atoms with Crippen molar-refractivity contribution >= 4 is 38.4 Å². The molecule has 0 aliphatic heterocycles. The Bertz CT molecular complexity index is 1390. The maximum atomic E-state index is 11.4. The summed E-state index contributed by atoms with van der Waals surface area (Å²) in [5.41, 5.74) is 4.70. The molecule has 0 unspecified atom stereocenters. The minimum absolute atomic E-state index is 0.258. The van der Waals surface area contributed by atoms with E-state index in [1.807, 2.05) is 18.3 Å². The minimum Gasteiger partial charge on any atom is -0.494 e. The van der Waals surface area contributed by atoms with Crippen LogP contribution in [0, 0.1) is 0 Å². The lowest BCUT2D eigenvalue weighted by Crippen LogP contribution is -2.08. The van der Waals surface area contributed by atoms with E-state index >= 15 is 0 Å². The quantitative estimate of drug-likeness (QED) is 0.357. The highest BCUT2D eigenvalue weighted by Crippen LogP contribution is 2.29. The number of aromatic nitrogens is 5. The van der Waals surface area contributed by atoms with Crippen LogP contribution in [0.5, 0.6) is 5.88 Å². The van der Waals surface area contributed by atoms with Crippen LogP contribution in [0.15, 0.2) is 52.9 Å². The largest absolute Gasteiger partial charge is 0.494 e. The van der Waals surface area contributed by atoms with Crippen LogP contribution >= 0.6 is 11.3 Å². The van der Waals surface area contributed by atoms with E-state index < -0.39 is 0 Å². The van der Waals surface area contributed by atoms with Gasteiger partial charge in [0.1, 0.15) is 10.3 Å². The van der Waals surface area contributed by atoms with Gasteiger partial charge >= 0.3 is 0 Å². The van der Waals surface area contributed by atoms with Gasteiger partial charge in [-0.3, -0.25) is 9.78 Å². The number of aromatic hydroxyl groups is 1. The molecule has 5 rings (SSSR count). The van der Waals surface area contributed by atoms with Crippen molar-refractivity contribution in [1.82, 2.24) is 24.9 Å². The van der Waals surface area contributed by atoms with E-state index in [4.69, 9.17) is 0 Å². The molecule has 0 saturated carbocycles. The highest BCUT2D eigenvalue weighted by molar-refractivity contribution is 7.16. The maximum absolute atomic E-state index is 11.4. The van der Waals surface area contributed by atoms with Crippen molar-refractivity contribution in [2.75, 3.05) is 11.9 Å². The predicted octanol–water partition coefficient (Wildman–Crippen LogP) is 3.28. The number of nitrogens with zero attached hydrogens (tertiary/aromatic N) is 3. The molecule has 0 aliphatic rings. The van der Waals surface area contributed by atoms with Crippen LogP contribution < -0.4 is 10.9 Å². The van der Waals surface area contributed by atoms with Gasteiger partial charge in [0.2, 0.25) is 5.88 Å². The van der Waals surface area contributed by atoms with Gasteiger partial charge in [0.05, 0.1) is 11.1 Å².